The van der Waals surface area contributed by atoms with Gasteiger partial charge in [-0.15, -0.1) is 11.3 Å². The van der Waals surface area contributed by atoms with Gasteiger partial charge in [0.1, 0.15) is 0 Å². The number of hydrogen-bond acceptors (Lipinski definition) is 5. The van der Waals surface area contributed by atoms with Gasteiger partial charge in [-0.2, -0.15) is 11.3 Å². The Morgan fingerprint density at radius 3 is 3.00 bits per heavy atom. The van der Waals surface area contributed by atoms with Crippen molar-refractivity contribution in [1.82, 2.24) is 9.88 Å². The average molecular weight is 321 g/mol. The predicted octanol–water partition coefficient (Wildman–Crippen LogP) is 2.82. The minimum Gasteiger partial charge on any atom is -0.327 e. The molecule has 1 saturated heterocycles. The standard InChI is InChI=1S/C14H15N3O2S2/c1-9-7-15-14(21-9)16-12(18)13(19)17-5-2-3-11(17)10-4-6-20-8-10/h4,6-8,11H,2-3,5H2,1H3,(H,15,16,18)/t11-/m0/s1. The van der Waals surface area contributed by atoms with E-state index < -0.39 is 11.8 Å². The average Bonchev–Trinajstić information content (AvgIpc) is 3.18. The van der Waals surface area contributed by atoms with Gasteiger partial charge in [0.05, 0.1) is 6.04 Å². The van der Waals surface area contributed by atoms with Crippen molar-refractivity contribution in [3.63, 3.8) is 0 Å². The number of likely N-dealkylation sites (tertiary alicyclic amines) is 1. The van der Waals surface area contributed by atoms with Crippen LogP contribution in [0.3, 0.4) is 0 Å². The normalized spacial score (nSPS) is 18.0. The molecule has 5 nitrogen and oxygen atoms in total. The van der Waals surface area contributed by atoms with Crippen molar-refractivity contribution in [2.75, 3.05) is 11.9 Å². The van der Waals surface area contributed by atoms with Crippen LogP contribution in [0.15, 0.2) is 23.0 Å². The van der Waals surface area contributed by atoms with Gasteiger partial charge >= 0.3 is 11.8 Å². The first-order chi connectivity index (χ1) is 10.1. The molecule has 0 radical (unpaired) electrons. The van der Waals surface area contributed by atoms with Gasteiger partial charge in [-0.25, -0.2) is 4.98 Å². The Bertz CT molecular complexity index is 651. The first kappa shape index (κ1) is 14.2. The molecule has 2 aromatic rings. The quantitative estimate of drug-likeness (QED) is 0.865. The van der Waals surface area contributed by atoms with Crippen molar-refractivity contribution < 1.29 is 9.59 Å². The maximum Gasteiger partial charge on any atom is 0.315 e. The van der Waals surface area contributed by atoms with Crippen molar-refractivity contribution in [3.05, 3.63) is 33.5 Å². The molecule has 2 amide bonds. The Balaban J connectivity index is 1.70. The SMILES string of the molecule is Cc1cnc(NC(=O)C(=O)N2CCC[C@H]2c2ccsc2)s1. The van der Waals surface area contributed by atoms with E-state index in [1.165, 1.54) is 11.3 Å². The second-order valence-corrected chi connectivity index (χ2v) is 6.96. The van der Waals surface area contributed by atoms with Crippen LogP contribution in [0, 0.1) is 6.92 Å². The molecule has 2 aromatic heterocycles. The van der Waals surface area contributed by atoms with Crippen molar-refractivity contribution in [2.45, 2.75) is 25.8 Å². The van der Waals surface area contributed by atoms with Crippen LogP contribution in [0.2, 0.25) is 0 Å². The number of aryl methyl sites for hydroxylation is 1. The van der Waals surface area contributed by atoms with E-state index in [-0.39, 0.29) is 6.04 Å². The number of anilines is 1. The molecular formula is C14H15N3O2S2. The zero-order valence-electron chi connectivity index (χ0n) is 11.5. The van der Waals surface area contributed by atoms with Crippen LogP contribution in [0.4, 0.5) is 5.13 Å². The fourth-order valence-electron chi connectivity index (χ4n) is 2.51. The van der Waals surface area contributed by atoms with E-state index >= 15 is 0 Å². The van der Waals surface area contributed by atoms with Gasteiger partial charge in [-0.05, 0) is 42.2 Å². The van der Waals surface area contributed by atoms with Gasteiger partial charge in [0.2, 0.25) is 0 Å². The summed E-state index contributed by atoms with van der Waals surface area (Å²) in [6, 6.07) is 2.04. The second-order valence-electron chi connectivity index (χ2n) is 4.94. The molecule has 1 N–H and O–H groups in total. The Labute approximate surface area is 130 Å². The number of nitrogens with zero attached hydrogens (tertiary/aromatic N) is 2. The highest BCUT2D eigenvalue weighted by atomic mass is 32.1. The number of thiophene rings is 1. The van der Waals surface area contributed by atoms with Crippen LogP contribution in [0.1, 0.15) is 29.3 Å². The molecule has 1 atom stereocenters. The summed E-state index contributed by atoms with van der Waals surface area (Å²) in [6.45, 7) is 2.53. The van der Waals surface area contributed by atoms with Crippen molar-refractivity contribution in [3.8, 4) is 0 Å². The van der Waals surface area contributed by atoms with Crippen LogP contribution >= 0.6 is 22.7 Å². The minimum absolute atomic E-state index is 0.0209. The summed E-state index contributed by atoms with van der Waals surface area (Å²) in [5.41, 5.74) is 1.11. The Morgan fingerprint density at radius 1 is 1.48 bits per heavy atom. The van der Waals surface area contributed by atoms with Crippen LogP contribution in [-0.4, -0.2) is 28.2 Å². The van der Waals surface area contributed by atoms with Crippen LogP contribution in [-0.2, 0) is 9.59 Å². The molecule has 0 bridgehead atoms. The van der Waals surface area contributed by atoms with Crippen molar-refractivity contribution >= 4 is 39.6 Å². The molecule has 0 saturated carbocycles. The zero-order chi connectivity index (χ0) is 14.8. The summed E-state index contributed by atoms with van der Waals surface area (Å²) in [5.74, 6) is -1.08. The number of thiazole rings is 1. The fraction of sp³-hybridized carbons (Fsp3) is 0.357. The molecule has 3 heterocycles. The summed E-state index contributed by atoms with van der Waals surface area (Å²) >= 11 is 2.97. The van der Waals surface area contributed by atoms with Crippen molar-refractivity contribution in [2.24, 2.45) is 0 Å². The van der Waals surface area contributed by atoms with Gasteiger partial charge in [-0.3, -0.25) is 14.9 Å². The van der Waals surface area contributed by atoms with Gasteiger partial charge in [0.15, 0.2) is 5.13 Å². The lowest BCUT2D eigenvalue weighted by molar-refractivity contribution is -0.143. The molecule has 0 aromatic carbocycles. The number of aromatic nitrogens is 1. The van der Waals surface area contributed by atoms with Gasteiger partial charge in [-0.1, -0.05) is 0 Å². The highest BCUT2D eigenvalue weighted by Gasteiger charge is 2.33. The van der Waals surface area contributed by atoms with Gasteiger partial charge < -0.3 is 4.90 Å². The first-order valence-electron chi connectivity index (χ1n) is 6.71. The van der Waals surface area contributed by atoms with Gasteiger partial charge in [0.25, 0.3) is 0 Å². The van der Waals surface area contributed by atoms with E-state index in [1.807, 2.05) is 23.8 Å². The van der Waals surface area contributed by atoms with E-state index in [0.29, 0.717) is 11.7 Å². The molecular weight excluding hydrogens is 306 g/mol. The number of rotatable bonds is 2. The maximum atomic E-state index is 12.4. The van der Waals surface area contributed by atoms with E-state index in [4.69, 9.17) is 0 Å². The monoisotopic (exact) mass is 321 g/mol. The number of carbonyl (C=O) groups is 2. The van der Waals surface area contributed by atoms with E-state index in [9.17, 15) is 9.59 Å². The van der Waals surface area contributed by atoms with Crippen LogP contribution in [0.25, 0.3) is 0 Å². The number of amides is 2. The van der Waals surface area contributed by atoms with Gasteiger partial charge in [0, 0.05) is 17.6 Å². The molecule has 1 aliphatic rings. The molecule has 0 spiro atoms. The number of nitrogens with one attached hydrogen (secondary N) is 1. The smallest absolute Gasteiger partial charge is 0.315 e. The second kappa shape index (κ2) is 5.95. The third-order valence-corrected chi connectivity index (χ3v) is 5.01. The molecule has 0 aliphatic carbocycles. The molecule has 110 valence electrons. The Kier molecular flexibility index (Phi) is 4.03. The molecule has 3 rings (SSSR count). The first-order valence-corrected chi connectivity index (χ1v) is 8.47. The summed E-state index contributed by atoms with van der Waals surface area (Å²) in [5, 5.41) is 7.09. The third kappa shape index (κ3) is 2.98. The van der Waals surface area contributed by atoms with E-state index in [0.717, 1.165) is 23.3 Å². The summed E-state index contributed by atoms with van der Waals surface area (Å²) in [7, 11) is 0. The predicted molar refractivity (Wildman–Crippen MR) is 83.5 cm³/mol. The summed E-state index contributed by atoms with van der Waals surface area (Å²) < 4.78 is 0. The van der Waals surface area contributed by atoms with E-state index in [2.05, 4.69) is 10.3 Å². The lowest BCUT2D eigenvalue weighted by atomic mass is 10.1. The Morgan fingerprint density at radius 2 is 2.33 bits per heavy atom. The third-order valence-electron chi connectivity index (χ3n) is 3.48. The molecule has 1 aliphatic heterocycles. The number of hydrogen-bond donors (Lipinski definition) is 1. The molecule has 21 heavy (non-hydrogen) atoms. The van der Waals surface area contributed by atoms with Crippen LogP contribution < -0.4 is 5.32 Å². The summed E-state index contributed by atoms with van der Waals surface area (Å²) in [4.78, 5) is 31.2. The lowest BCUT2D eigenvalue weighted by Gasteiger charge is -2.23. The zero-order valence-corrected chi connectivity index (χ0v) is 13.2. The maximum absolute atomic E-state index is 12.4. The lowest BCUT2D eigenvalue weighted by Crippen LogP contribution is -2.39. The molecule has 1 fully saturated rings. The fourth-order valence-corrected chi connectivity index (χ4v) is 3.88. The molecule has 7 heteroatoms. The van der Waals surface area contributed by atoms with Crippen LogP contribution in [0.5, 0.6) is 0 Å². The minimum atomic E-state index is -0.605. The Hall–Kier alpha value is -1.73. The number of carbonyl (C=O) groups excluding carboxylic acids is 2. The highest BCUT2D eigenvalue weighted by molar-refractivity contribution is 7.15. The van der Waals surface area contributed by atoms with E-state index in [1.54, 1.807) is 22.4 Å². The largest absolute Gasteiger partial charge is 0.327 e. The topological polar surface area (TPSA) is 62.3 Å². The highest BCUT2D eigenvalue weighted by Crippen LogP contribution is 2.33. The summed E-state index contributed by atoms with van der Waals surface area (Å²) in [6.07, 6.45) is 3.51. The van der Waals surface area contributed by atoms with Crippen molar-refractivity contribution in [1.29, 1.82) is 0 Å². The molecule has 0 unspecified atom stereocenters.